The molecule has 1 aromatic rings. The van der Waals surface area contributed by atoms with Crippen molar-refractivity contribution in [2.45, 2.75) is 24.3 Å². The molecule has 0 saturated heterocycles. The van der Waals surface area contributed by atoms with Gasteiger partial charge >= 0.3 is 0 Å². The SMILES string of the molecule is CC(C)(NS(=O)(=O)c1cc(Cl)cc(N)c1Br)C(N)=O. The molecule has 9 heteroatoms. The largest absolute Gasteiger partial charge is 0.398 e. The maximum absolute atomic E-state index is 12.2. The monoisotopic (exact) mass is 369 g/mol. The number of nitrogens with two attached hydrogens (primary N) is 2. The number of amides is 1. The molecule has 5 N–H and O–H groups in total. The summed E-state index contributed by atoms with van der Waals surface area (Å²) in [6.07, 6.45) is 0. The van der Waals surface area contributed by atoms with Crippen molar-refractivity contribution in [2.24, 2.45) is 5.73 Å². The Morgan fingerprint density at radius 3 is 2.42 bits per heavy atom. The second-order valence-electron chi connectivity index (χ2n) is 4.40. The van der Waals surface area contributed by atoms with Crippen LogP contribution >= 0.6 is 27.5 Å². The average Bonchev–Trinajstić information content (AvgIpc) is 2.21. The quantitative estimate of drug-likeness (QED) is 0.691. The number of hydrogen-bond acceptors (Lipinski definition) is 4. The lowest BCUT2D eigenvalue weighted by atomic mass is 10.1. The van der Waals surface area contributed by atoms with Gasteiger partial charge in [-0.05, 0) is 41.9 Å². The number of sulfonamides is 1. The van der Waals surface area contributed by atoms with Crippen molar-refractivity contribution in [2.75, 3.05) is 5.73 Å². The standard InChI is InChI=1S/C10H13BrClN3O3S/c1-10(2,9(14)16)15-19(17,18)7-4-5(12)3-6(13)8(7)11/h3-4,15H,13H2,1-2H3,(H2,14,16). The number of primary amides is 1. The molecule has 0 aliphatic rings. The van der Waals surface area contributed by atoms with Crippen LogP contribution in [-0.2, 0) is 14.8 Å². The minimum atomic E-state index is -4.00. The van der Waals surface area contributed by atoms with Gasteiger partial charge in [-0.25, -0.2) is 8.42 Å². The number of hydrogen-bond donors (Lipinski definition) is 3. The second-order valence-corrected chi connectivity index (χ2v) is 7.28. The molecule has 0 heterocycles. The van der Waals surface area contributed by atoms with Crippen molar-refractivity contribution < 1.29 is 13.2 Å². The Morgan fingerprint density at radius 1 is 1.42 bits per heavy atom. The number of rotatable bonds is 4. The van der Waals surface area contributed by atoms with Gasteiger partial charge in [-0.3, -0.25) is 4.79 Å². The summed E-state index contributed by atoms with van der Waals surface area (Å²) >= 11 is 8.85. The molecule has 0 unspecified atom stereocenters. The average molecular weight is 371 g/mol. The molecule has 0 bridgehead atoms. The molecule has 0 aliphatic heterocycles. The maximum Gasteiger partial charge on any atom is 0.242 e. The Morgan fingerprint density at radius 2 is 1.95 bits per heavy atom. The maximum atomic E-state index is 12.2. The van der Waals surface area contributed by atoms with Gasteiger partial charge in [-0.2, -0.15) is 4.72 Å². The Labute approximate surface area is 124 Å². The zero-order valence-electron chi connectivity index (χ0n) is 10.2. The topological polar surface area (TPSA) is 115 Å². The van der Waals surface area contributed by atoms with Gasteiger partial charge in [0.2, 0.25) is 15.9 Å². The number of carbonyl (C=O) groups excluding carboxylic acids is 1. The van der Waals surface area contributed by atoms with Gasteiger partial charge in [-0.1, -0.05) is 11.6 Å². The fourth-order valence-electron chi connectivity index (χ4n) is 1.22. The van der Waals surface area contributed by atoms with Gasteiger partial charge < -0.3 is 11.5 Å². The van der Waals surface area contributed by atoms with Crippen molar-refractivity contribution in [3.8, 4) is 0 Å². The summed E-state index contributed by atoms with van der Waals surface area (Å²) in [4.78, 5) is 11.0. The molecular formula is C10H13BrClN3O3S. The van der Waals surface area contributed by atoms with Crippen LogP contribution in [0.25, 0.3) is 0 Å². The highest BCUT2D eigenvalue weighted by molar-refractivity contribution is 9.10. The summed E-state index contributed by atoms with van der Waals surface area (Å²) in [5, 5.41) is 0.165. The molecule has 106 valence electrons. The lowest BCUT2D eigenvalue weighted by Gasteiger charge is -2.22. The van der Waals surface area contributed by atoms with Crippen LogP contribution < -0.4 is 16.2 Å². The third-order valence-electron chi connectivity index (χ3n) is 2.33. The van der Waals surface area contributed by atoms with Crippen LogP contribution in [0.15, 0.2) is 21.5 Å². The molecule has 0 aromatic heterocycles. The van der Waals surface area contributed by atoms with Crippen LogP contribution in [0, 0.1) is 0 Å². The number of anilines is 1. The molecule has 0 saturated carbocycles. The second kappa shape index (κ2) is 5.28. The number of benzene rings is 1. The van der Waals surface area contributed by atoms with Crippen LogP contribution in [0.5, 0.6) is 0 Å². The first kappa shape index (κ1) is 16.2. The molecule has 0 atom stereocenters. The third kappa shape index (κ3) is 3.59. The Bertz CT molecular complexity index is 631. The Hall–Kier alpha value is -0.830. The van der Waals surface area contributed by atoms with Gasteiger partial charge in [-0.15, -0.1) is 0 Å². The van der Waals surface area contributed by atoms with Gasteiger partial charge in [0.1, 0.15) is 5.54 Å². The summed E-state index contributed by atoms with van der Waals surface area (Å²) in [6, 6.07) is 2.63. The molecule has 1 aromatic carbocycles. The summed E-state index contributed by atoms with van der Waals surface area (Å²) in [5.74, 6) is -0.804. The van der Waals surface area contributed by atoms with Gasteiger partial charge in [0.15, 0.2) is 0 Å². The summed E-state index contributed by atoms with van der Waals surface area (Å²) in [5.41, 5.74) is 9.49. The van der Waals surface area contributed by atoms with Crippen LogP contribution in [-0.4, -0.2) is 19.9 Å². The molecule has 0 aliphatic carbocycles. The molecule has 0 fully saturated rings. The smallest absolute Gasteiger partial charge is 0.242 e. The van der Waals surface area contributed by atoms with Crippen LogP contribution in [0.1, 0.15) is 13.8 Å². The zero-order chi connectivity index (χ0) is 15.0. The minimum absolute atomic E-state index is 0.160. The fourth-order valence-corrected chi connectivity index (χ4v) is 3.90. The van der Waals surface area contributed by atoms with E-state index in [9.17, 15) is 13.2 Å². The van der Waals surface area contributed by atoms with Crippen LogP contribution in [0.3, 0.4) is 0 Å². The highest BCUT2D eigenvalue weighted by Gasteiger charge is 2.32. The van der Waals surface area contributed by atoms with Crippen LogP contribution in [0.2, 0.25) is 5.02 Å². The molecular weight excluding hydrogens is 358 g/mol. The van der Waals surface area contributed by atoms with E-state index >= 15 is 0 Å². The molecule has 19 heavy (non-hydrogen) atoms. The van der Waals surface area contributed by atoms with E-state index in [0.717, 1.165) is 0 Å². The fraction of sp³-hybridized carbons (Fsp3) is 0.300. The highest BCUT2D eigenvalue weighted by atomic mass is 79.9. The number of halogens is 2. The summed E-state index contributed by atoms with van der Waals surface area (Å²) in [6.45, 7) is 2.71. The van der Waals surface area contributed by atoms with Crippen LogP contribution in [0.4, 0.5) is 5.69 Å². The molecule has 0 radical (unpaired) electrons. The minimum Gasteiger partial charge on any atom is -0.398 e. The number of nitrogen functional groups attached to an aromatic ring is 1. The lowest BCUT2D eigenvalue weighted by molar-refractivity contribution is -0.122. The van der Waals surface area contributed by atoms with Crippen molar-refractivity contribution in [3.05, 3.63) is 21.6 Å². The van der Waals surface area contributed by atoms with E-state index in [4.69, 9.17) is 23.1 Å². The molecule has 6 nitrogen and oxygen atoms in total. The first-order valence-corrected chi connectivity index (χ1v) is 7.71. The predicted octanol–water partition coefficient (Wildman–Crippen LogP) is 1.23. The predicted molar refractivity (Wildman–Crippen MR) is 77.2 cm³/mol. The third-order valence-corrected chi connectivity index (χ3v) is 5.37. The van der Waals surface area contributed by atoms with E-state index in [1.807, 2.05) is 0 Å². The zero-order valence-corrected chi connectivity index (χ0v) is 13.4. The van der Waals surface area contributed by atoms with E-state index < -0.39 is 21.5 Å². The lowest BCUT2D eigenvalue weighted by Crippen LogP contribution is -2.52. The molecule has 0 spiro atoms. The molecule has 1 amide bonds. The first-order valence-electron chi connectivity index (χ1n) is 5.06. The van der Waals surface area contributed by atoms with E-state index in [0.29, 0.717) is 0 Å². The van der Waals surface area contributed by atoms with E-state index in [-0.39, 0.29) is 20.1 Å². The normalized spacial score (nSPS) is 12.4. The van der Waals surface area contributed by atoms with E-state index in [1.54, 1.807) is 0 Å². The number of nitrogens with one attached hydrogen (secondary N) is 1. The highest BCUT2D eigenvalue weighted by Crippen LogP contribution is 2.31. The summed E-state index contributed by atoms with van der Waals surface area (Å²) < 4.78 is 26.8. The van der Waals surface area contributed by atoms with Crippen molar-refractivity contribution >= 4 is 49.1 Å². The molecule has 1 rings (SSSR count). The Balaban J connectivity index is 3.33. The van der Waals surface area contributed by atoms with Gasteiger partial charge in [0, 0.05) is 10.7 Å². The number of carbonyl (C=O) groups is 1. The van der Waals surface area contributed by atoms with E-state index in [1.165, 1.54) is 26.0 Å². The van der Waals surface area contributed by atoms with Gasteiger partial charge in [0.05, 0.1) is 9.37 Å². The Kier molecular flexibility index (Phi) is 4.51. The van der Waals surface area contributed by atoms with Crippen molar-refractivity contribution in [1.29, 1.82) is 0 Å². The van der Waals surface area contributed by atoms with Crippen molar-refractivity contribution in [3.63, 3.8) is 0 Å². The first-order chi connectivity index (χ1) is 8.47. The van der Waals surface area contributed by atoms with Crippen molar-refractivity contribution in [1.82, 2.24) is 4.72 Å². The summed E-state index contributed by atoms with van der Waals surface area (Å²) in [7, 11) is -4.00. The van der Waals surface area contributed by atoms with Gasteiger partial charge in [0.25, 0.3) is 0 Å². The van der Waals surface area contributed by atoms with E-state index in [2.05, 4.69) is 20.7 Å².